The van der Waals surface area contributed by atoms with Gasteiger partial charge in [-0.3, -0.25) is 14.5 Å². The molecule has 2 aliphatic rings. The maximum atomic E-state index is 12.8. The quantitative estimate of drug-likeness (QED) is 0.423. The first-order valence-electron chi connectivity index (χ1n) is 10.9. The molecule has 190 valence electrons. The molecule has 1 atom stereocenters. The molecule has 4 rings (SSSR count). The number of aromatic nitrogens is 2. The Balaban J connectivity index is 0.00000324. The Morgan fingerprint density at radius 2 is 1.78 bits per heavy atom. The van der Waals surface area contributed by atoms with Crippen LogP contribution in [-0.2, 0) is 14.4 Å². The fourth-order valence-electron chi connectivity index (χ4n) is 4.45. The Labute approximate surface area is 226 Å². The molecule has 9 nitrogen and oxygen atoms in total. The van der Waals surface area contributed by atoms with E-state index >= 15 is 0 Å². The third-order valence-corrected chi connectivity index (χ3v) is 6.56. The van der Waals surface area contributed by atoms with Crippen LogP contribution in [0, 0.1) is 0 Å². The van der Waals surface area contributed by atoms with Gasteiger partial charge in [0.25, 0.3) is 0 Å². The van der Waals surface area contributed by atoms with E-state index in [1.165, 1.54) is 17.5 Å². The van der Waals surface area contributed by atoms with Crippen LogP contribution in [0.25, 0.3) is 17.0 Å². The molecule has 1 N–H and O–H groups in total. The van der Waals surface area contributed by atoms with Gasteiger partial charge in [-0.05, 0) is 30.0 Å². The summed E-state index contributed by atoms with van der Waals surface area (Å²) in [4.78, 5) is 49.1. The van der Waals surface area contributed by atoms with Crippen molar-refractivity contribution in [3.63, 3.8) is 0 Å². The third kappa shape index (κ3) is 6.41. The zero-order chi connectivity index (χ0) is 23.4. The largest absolute Gasteiger partial charge is 1.00 e. The maximum Gasteiger partial charge on any atom is 1.00 e. The molecule has 0 spiro atoms. The van der Waals surface area contributed by atoms with E-state index in [9.17, 15) is 19.5 Å². The molecule has 10 heteroatoms. The second-order valence-electron chi connectivity index (χ2n) is 8.48. The molecule has 2 amide bonds. The Kier molecular flexibility index (Phi) is 11.5. The molecule has 0 saturated carbocycles. The normalized spacial score (nSPS) is 19.1. The van der Waals surface area contributed by atoms with Gasteiger partial charge in [0.05, 0.1) is 6.54 Å². The number of amides is 2. The van der Waals surface area contributed by atoms with Crippen molar-refractivity contribution in [3.8, 4) is 11.4 Å². The number of carboxylic acid groups (broad SMARTS) is 1. The van der Waals surface area contributed by atoms with Gasteiger partial charge in [0.15, 0.2) is 11.4 Å². The molecule has 0 radical (unpaired) electrons. The van der Waals surface area contributed by atoms with Gasteiger partial charge >= 0.3 is 24.8 Å². The number of carboxylic acids is 1. The minimum absolute atomic E-state index is 0. The number of benzene rings is 1. The van der Waals surface area contributed by atoms with Gasteiger partial charge in [-0.15, -0.1) is 0 Å². The fourth-order valence-corrected chi connectivity index (χ4v) is 4.45. The van der Waals surface area contributed by atoms with Gasteiger partial charge in [-0.1, -0.05) is 45.2 Å². The summed E-state index contributed by atoms with van der Waals surface area (Å²) < 4.78 is 0. The van der Waals surface area contributed by atoms with E-state index in [2.05, 4.69) is 16.0 Å². The second kappa shape index (κ2) is 13.4. The van der Waals surface area contributed by atoms with Crippen LogP contribution in [0.2, 0.25) is 0 Å². The monoisotopic (exact) mass is 489 g/mol. The van der Waals surface area contributed by atoms with Crippen LogP contribution < -0.4 is 18.9 Å². The number of likely N-dealkylation sites (N-methyl/N-ethyl adjacent to an activating group) is 1. The number of carbonyl (C=O) groups is 3. The predicted octanol–water partition coefficient (Wildman–Crippen LogP) is -0.235. The van der Waals surface area contributed by atoms with E-state index in [0.717, 1.165) is 17.5 Å². The summed E-state index contributed by atoms with van der Waals surface area (Å²) >= 11 is 0. The third-order valence-electron chi connectivity index (χ3n) is 6.56. The summed E-state index contributed by atoms with van der Waals surface area (Å²) in [6, 6.07) is 9.89. The van der Waals surface area contributed by atoms with E-state index in [-0.39, 0.29) is 54.1 Å². The SMILES string of the molecule is C.C.CN(C=O)C1(C(=O)O)CCN(CC(=O)N2CC=C(c3ccc(-c4ncccn4)cc3)CC2)C1.[H-].[Li+]. The van der Waals surface area contributed by atoms with E-state index in [4.69, 9.17) is 0 Å². The molecule has 2 aliphatic heterocycles. The molecule has 1 aromatic carbocycles. The van der Waals surface area contributed by atoms with Gasteiger partial charge in [0, 0.05) is 51.2 Å². The van der Waals surface area contributed by atoms with Crippen LogP contribution in [0.4, 0.5) is 0 Å². The van der Waals surface area contributed by atoms with Crippen LogP contribution in [-0.4, -0.2) is 93.4 Å². The summed E-state index contributed by atoms with van der Waals surface area (Å²) in [5.74, 6) is -0.383. The van der Waals surface area contributed by atoms with E-state index in [1.807, 2.05) is 29.2 Å². The molecular weight excluding hydrogens is 453 g/mol. The minimum atomic E-state index is -1.27. The first kappa shape index (κ1) is 31.0. The van der Waals surface area contributed by atoms with Crippen LogP contribution in [0.1, 0.15) is 34.7 Å². The van der Waals surface area contributed by atoms with Crippen molar-refractivity contribution in [3.05, 3.63) is 54.4 Å². The van der Waals surface area contributed by atoms with Crippen LogP contribution in [0.15, 0.2) is 48.8 Å². The van der Waals surface area contributed by atoms with Gasteiger partial charge in [0.1, 0.15) is 0 Å². The number of rotatable bonds is 7. The average Bonchev–Trinajstić information content (AvgIpc) is 3.29. The van der Waals surface area contributed by atoms with Crippen molar-refractivity contribution < 1.29 is 39.8 Å². The summed E-state index contributed by atoms with van der Waals surface area (Å²) in [5.41, 5.74) is 1.99. The molecule has 1 fully saturated rings. The van der Waals surface area contributed by atoms with Gasteiger partial charge in [0.2, 0.25) is 12.3 Å². The predicted molar refractivity (Wildman–Crippen MR) is 136 cm³/mol. The van der Waals surface area contributed by atoms with Gasteiger partial charge < -0.3 is 16.3 Å². The van der Waals surface area contributed by atoms with Crippen molar-refractivity contribution in [2.45, 2.75) is 33.2 Å². The standard InChI is InChI=1S/C24H27N5O4.2CH4.Li.H/c1-27(17-30)24(23(32)33)9-14-28(16-24)15-21(31)29-12-7-19(8-13-29)18-3-5-20(6-4-18)22-25-10-2-11-26-22;;;;/h2-7,10-11,17H,8-9,12-16H2,1H3,(H,32,33);2*1H4;;/q;;;+1;-1. The summed E-state index contributed by atoms with van der Waals surface area (Å²) in [6.45, 7) is 1.89. The number of aliphatic carboxylic acids is 1. The van der Waals surface area contributed by atoms with Crippen LogP contribution in [0.5, 0.6) is 0 Å². The molecular formula is C26H36LiN5O4. The van der Waals surface area contributed by atoms with Gasteiger partial charge in [-0.2, -0.15) is 0 Å². The topological polar surface area (TPSA) is 107 Å². The molecule has 1 saturated heterocycles. The van der Waals surface area contributed by atoms with Crippen molar-refractivity contribution in [2.24, 2.45) is 0 Å². The molecule has 1 aromatic heterocycles. The number of hydrogen-bond donors (Lipinski definition) is 1. The van der Waals surface area contributed by atoms with E-state index < -0.39 is 11.5 Å². The zero-order valence-electron chi connectivity index (χ0n) is 20.6. The van der Waals surface area contributed by atoms with E-state index in [1.54, 1.807) is 23.4 Å². The van der Waals surface area contributed by atoms with Crippen molar-refractivity contribution in [1.82, 2.24) is 24.7 Å². The van der Waals surface area contributed by atoms with Crippen LogP contribution >= 0.6 is 0 Å². The first-order chi connectivity index (χ1) is 15.9. The van der Waals surface area contributed by atoms with Crippen molar-refractivity contribution in [1.29, 1.82) is 0 Å². The maximum absolute atomic E-state index is 12.8. The number of carbonyl (C=O) groups excluding carboxylic acids is 2. The molecule has 2 aromatic rings. The van der Waals surface area contributed by atoms with Gasteiger partial charge in [-0.25, -0.2) is 14.8 Å². The molecule has 1 unspecified atom stereocenters. The Bertz CT molecular complexity index is 1070. The number of hydrogen-bond acceptors (Lipinski definition) is 6. The first-order valence-corrected chi connectivity index (χ1v) is 10.9. The number of likely N-dealkylation sites (tertiary alicyclic amines) is 1. The Morgan fingerprint density at radius 3 is 2.33 bits per heavy atom. The Morgan fingerprint density at radius 1 is 1.14 bits per heavy atom. The molecule has 36 heavy (non-hydrogen) atoms. The molecule has 3 heterocycles. The fraction of sp³-hybridized carbons (Fsp3) is 0.423. The zero-order valence-corrected chi connectivity index (χ0v) is 19.6. The summed E-state index contributed by atoms with van der Waals surface area (Å²) in [7, 11) is 1.48. The molecule has 0 bridgehead atoms. The minimum Gasteiger partial charge on any atom is -1.00 e. The molecule has 0 aliphatic carbocycles. The van der Waals surface area contributed by atoms with Crippen LogP contribution in [0.3, 0.4) is 0 Å². The smallest absolute Gasteiger partial charge is 1.00 e. The Hall–Kier alpha value is -2.99. The number of nitrogens with zero attached hydrogens (tertiary/aromatic N) is 5. The van der Waals surface area contributed by atoms with E-state index in [0.29, 0.717) is 38.3 Å². The average molecular weight is 490 g/mol. The summed E-state index contributed by atoms with van der Waals surface area (Å²) in [6.07, 6.45) is 7.10. The van der Waals surface area contributed by atoms with Crippen molar-refractivity contribution >= 4 is 23.9 Å². The van der Waals surface area contributed by atoms with Crippen molar-refractivity contribution in [2.75, 3.05) is 39.8 Å². The summed E-state index contributed by atoms with van der Waals surface area (Å²) in [5, 5.41) is 9.65. The second-order valence-corrected chi connectivity index (χ2v) is 8.48.